The van der Waals surface area contributed by atoms with E-state index >= 15 is 0 Å². The SMILES string of the molecule is Cc1ccc(C)c(N(C)CC2(CO)CC2)c1. The molecule has 1 saturated carbocycles. The van der Waals surface area contributed by atoms with E-state index in [9.17, 15) is 5.11 Å². The summed E-state index contributed by atoms with van der Waals surface area (Å²) in [7, 11) is 2.12. The molecular weight excluding hydrogens is 198 g/mol. The lowest BCUT2D eigenvalue weighted by atomic mass is 10.1. The molecule has 0 amide bonds. The van der Waals surface area contributed by atoms with Crippen LogP contribution in [0.2, 0.25) is 0 Å². The Bertz CT molecular complexity index is 382. The highest BCUT2D eigenvalue weighted by molar-refractivity contribution is 5.54. The molecule has 0 atom stereocenters. The van der Waals surface area contributed by atoms with Gasteiger partial charge in [-0.25, -0.2) is 0 Å². The summed E-state index contributed by atoms with van der Waals surface area (Å²) in [4.78, 5) is 2.28. The third kappa shape index (κ3) is 2.22. The van der Waals surface area contributed by atoms with Crippen LogP contribution in [0.25, 0.3) is 0 Å². The standard InChI is InChI=1S/C14H21NO/c1-11-4-5-12(2)13(8-11)15(3)9-14(10-16)6-7-14/h4-5,8,16H,6-7,9-10H2,1-3H3. The van der Waals surface area contributed by atoms with Crippen molar-refractivity contribution in [1.29, 1.82) is 0 Å². The molecule has 0 bridgehead atoms. The second-order valence-electron chi connectivity index (χ2n) is 5.30. The Balaban J connectivity index is 2.14. The maximum absolute atomic E-state index is 9.35. The van der Waals surface area contributed by atoms with E-state index in [2.05, 4.69) is 44.0 Å². The van der Waals surface area contributed by atoms with E-state index in [-0.39, 0.29) is 5.41 Å². The summed E-state index contributed by atoms with van der Waals surface area (Å²) in [5, 5.41) is 9.35. The zero-order chi connectivity index (χ0) is 11.8. The lowest BCUT2D eigenvalue weighted by Gasteiger charge is -2.26. The van der Waals surface area contributed by atoms with E-state index in [4.69, 9.17) is 0 Å². The Hall–Kier alpha value is -1.02. The molecule has 1 aromatic carbocycles. The van der Waals surface area contributed by atoms with Gasteiger partial charge in [0, 0.05) is 24.7 Å². The van der Waals surface area contributed by atoms with Gasteiger partial charge in [-0.05, 0) is 43.9 Å². The number of hydrogen-bond donors (Lipinski definition) is 1. The summed E-state index contributed by atoms with van der Waals surface area (Å²) in [6.07, 6.45) is 2.33. The van der Waals surface area contributed by atoms with Crippen LogP contribution in [-0.4, -0.2) is 25.3 Å². The lowest BCUT2D eigenvalue weighted by molar-refractivity contribution is 0.215. The average Bonchev–Trinajstić information content (AvgIpc) is 3.02. The van der Waals surface area contributed by atoms with Crippen molar-refractivity contribution in [2.24, 2.45) is 5.41 Å². The van der Waals surface area contributed by atoms with Crippen molar-refractivity contribution >= 4 is 5.69 Å². The van der Waals surface area contributed by atoms with Crippen LogP contribution in [0.15, 0.2) is 18.2 Å². The Labute approximate surface area is 97.9 Å². The van der Waals surface area contributed by atoms with E-state index in [1.165, 1.54) is 29.7 Å². The number of rotatable bonds is 4. The highest BCUT2D eigenvalue weighted by Crippen LogP contribution is 2.46. The van der Waals surface area contributed by atoms with Gasteiger partial charge >= 0.3 is 0 Å². The molecule has 0 unspecified atom stereocenters. The smallest absolute Gasteiger partial charge is 0.0504 e. The first-order chi connectivity index (χ1) is 7.56. The second-order valence-corrected chi connectivity index (χ2v) is 5.30. The van der Waals surface area contributed by atoms with Gasteiger partial charge in [0.25, 0.3) is 0 Å². The fourth-order valence-corrected chi connectivity index (χ4v) is 2.26. The highest BCUT2D eigenvalue weighted by atomic mass is 16.3. The van der Waals surface area contributed by atoms with Gasteiger partial charge in [0.15, 0.2) is 0 Å². The Morgan fingerprint density at radius 1 is 1.31 bits per heavy atom. The molecule has 16 heavy (non-hydrogen) atoms. The van der Waals surface area contributed by atoms with Gasteiger partial charge in [0.1, 0.15) is 0 Å². The van der Waals surface area contributed by atoms with Gasteiger partial charge in [0.2, 0.25) is 0 Å². The predicted octanol–water partition coefficient (Wildman–Crippen LogP) is 2.51. The number of anilines is 1. The number of aryl methyl sites for hydroxylation is 2. The van der Waals surface area contributed by atoms with E-state index in [0.29, 0.717) is 6.61 Å². The zero-order valence-electron chi connectivity index (χ0n) is 10.5. The molecule has 0 aromatic heterocycles. The summed E-state index contributed by atoms with van der Waals surface area (Å²) >= 11 is 0. The minimum atomic E-state index is 0.185. The predicted molar refractivity (Wildman–Crippen MR) is 67.9 cm³/mol. The molecule has 2 heteroatoms. The lowest BCUT2D eigenvalue weighted by Crippen LogP contribution is -2.29. The summed E-state index contributed by atoms with van der Waals surface area (Å²) in [5.74, 6) is 0. The molecule has 0 saturated heterocycles. The third-order valence-corrected chi connectivity index (χ3v) is 3.64. The summed E-state index contributed by atoms with van der Waals surface area (Å²) in [6, 6.07) is 6.54. The van der Waals surface area contributed by atoms with Crippen molar-refractivity contribution in [2.45, 2.75) is 26.7 Å². The quantitative estimate of drug-likeness (QED) is 0.841. The van der Waals surface area contributed by atoms with Crippen LogP contribution < -0.4 is 4.90 Å². The van der Waals surface area contributed by atoms with Gasteiger partial charge in [0.05, 0.1) is 6.61 Å². The molecule has 0 heterocycles. The molecular formula is C14H21NO. The Kier molecular flexibility index (Phi) is 2.94. The van der Waals surface area contributed by atoms with Gasteiger partial charge in [-0.2, -0.15) is 0 Å². The number of aliphatic hydroxyl groups is 1. The van der Waals surface area contributed by atoms with Gasteiger partial charge in [-0.15, -0.1) is 0 Å². The first kappa shape index (κ1) is 11.5. The molecule has 1 fully saturated rings. The van der Waals surface area contributed by atoms with Crippen molar-refractivity contribution in [2.75, 3.05) is 25.1 Å². The van der Waals surface area contributed by atoms with Crippen LogP contribution in [0.1, 0.15) is 24.0 Å². The van der Waals surface area contributed by atoms with E-state index in [0.717, 1.165) is 6.54 Å². The van der Waals surface area contributed by atoms with E-state index in [1.807, 2.05) is 0 Å². The van der Waals surface area contributed by atoms with Crippen molar-refractivity contribution in [3.8, 4) is 0 Å². The average molecular weight is 219 g/mol. The first-order valence-corrected chi connectivity index (χ1v) is 5.96. The number of aliphatic hydroxyl groups excluding tert-OH is 1. The van der Waals surface area contributed by atoms with Crippen LogP contribution in [0.5, 0.6) is 0 Å². The van der Waals surface area contributed by atoms with Gasteiger partial charge in [-0.3, -0.25) is 0 Å². The molecule has 0 spiro atoms. The molecule has 1 aromatic rings. The van der Waals surface area contributed by atoms with Crippen LogP contribution in [-0.2, 0) is 0 Å². The summed E-state index contributed by atoms with van der Waals surface area (Å²) < 4.78 is 0. The summed E-state index contributed by atoms with van der Waals surface area (Å²) in [6.45, 7) is 5.55. The van der Waals surface area contributed by atoms with Gasteiger partial charge in [-0.1, -0.05) is 12.1 Å². The minimum Gasteiger partial charge on any atom is -0.396 e. The van der Waals surface area contributed by atoms with Crippen LogP contribution in [0, 0.1) is 19.3 Å². The van der Waals surface area contributed by atoms with Gasteiger partial charge < -0.3 is 10.0 Å². The topological polar surface area (TPSA) is 23.5 Å². The van der Waals surface area contributed by atoms with Crippen molar-refractivity contribution < 1.29 is 5.11 Å². The normalized spacial score (nSPS) is 17.2. The largest absolute Gasteiger partial charge is 0.396 e. The molecule has 1 N–H and O–H groups in total. The Morgan fingerprint density at radius 2 is 2.00 bits per heavy atom. The molecule has 1 aliphatic carbocycles. The summed E-state index contributed by atoms with van der Waals surface area (Å²) in [5.41, 5.74) is 4.08. The number of hydrogen-bond acceptors (Lipinski definition) is 2. The number of nitrogens with zero attached hydrogens (tertiary/aromatic N) is 1. The van der Waals surface area contributed by atoms with E-state index < -0.39 is 0 Å². The second kappa shape index (κ2) is 4.10. The van der Waals surface area contributed by atoms with Crippen LogP contribution >= 0.6 is 0 Å². The van der Waals surface area contributed by atoms with E-state index in [1.54, 1.807) is 0 Å². The first-order valence-electron chi connectivity index (χ1n) is 5.96. The molecule has 2 nitrogen and oxygen atoms in total. The fourth-order valence-electron chi connectivity index (χ4n) is 2.26. The zero-order valence-corrected chi connectivity index (χ0v) is 10.5. The molecule has 88 valence electrons. The molecule has 0 aliphatic heterocycles. The third-order valence-electron chi connectivity index (χ3n) is 3.64. The minimum absolute atomic E-state index is 0.185. The van der Waals surface area contributed by atoms with Crippen LogP contribution in [0.3, 0.4) is 0 Å². The van der Waals surface area contributed by atoms with Crippen LogP contribution in [0.4, 0.5) is 5.69 Å². The fraction of sp³-hybridized carbons (Fsp3) is 0.571. The maximum atomic E-state index is 9.35. The molecule has 0 radical (unpaired) electrons. The van der Waals surface area contributed by atoms with Crippen molar-refractivity contribution in [3.63, 3.8) is 0 Å². The highest BCUT2D eigenvalue weighted by Gasteiger charge is 2.42. The molecule has 1 aliphatic rings. The number of benzene rings is 1. The maximum Gasteiger partial charge on any atom is 0.0504 e. The van der Waals surface area contributed by atoms with Crippen molar-refractivity contribution in [1.82, 2.24) is 0 Å². The monoisotopic (exact) mass is 219 g/mol. The molecule has 2 rings (SSSR count). The Morgan fingerprint density at radius 3 is 2.56 bits per heavy atom. The van der Waals surface area contributed by atoms with Crippen molar-refractivity contribution in [3.05, 3.63) is 29.3 Å².